The molecule has 0 fully saturated rings. The van der Waals surface area contributed by atoms with E-state index in [1.54, 1.807) is 6.07 Å². The van der Waals surface area contributed by atoms with E-state index in [1.807, 2.05) is 0 Å². The van der Waals surface area contributed by atoms with Gasteiger partial charge < -0.3 is 10.9 Å². The average molecular weight is 324 g/mol. The number of oxime groups is 1. The van der Waals surface area contributed by atoms with Crippen molar-refractivity contribution in [1.82, 2.24) is 19.8 Å². The van der Waals surface area contributed by atoms with Gasteiger partial charge in [-0.15, -0.1) is 11.8 Å². The fourth-order valence-corrected chi connectivity index (χ4v) is 2.42. The fraction of sp³-hybridized carbons (Fsp3) is 0.167. The van der Waals surface area contributed by atoms with E-state index in [-0.39, 0.29) is 11.3 Å². The summed E-state index contributed by atoms with van der Waals surface area (Å²) in [5, 5.41) is 18.7. The number of hydrogen-bond acceptors (Lipinski definition) is 7. The maximum Gasteiger partial charge on any atom is 0.368 e. The van der Waals surface area contributed by atoms with Crippen molar-refractivity contribution in [2.75, 3.05) is 0 Å². The molecule has 0 radical (unpaired) electrons. The van der Waals surface area contributed by atoms with Crippen LogP contribution in [-0.4, -0.2) is 31.2 Å². The van der Waals surface area contributed by atoms with Crippen LogP contribution in [0.1, 0.15) is 5.56 Å². The molecule has 8 nitrogen and oxygen atoms in total. The van der Waals surface area contributed by atoms with Crippen molar-refractivity contribution >= 4 is 18.0 Å². The lowest BCUT2D eigenvalue weighted by Crippen LogP contribution is -2.23. The molecule has 0 atom stereocenters. The van der Waals surface area contributed by atoms with E-state index in [0.717, 1.165) is 27.3 Å². The predicted octanol–water partition coefficient (Wildman–Crippen LogP) is 0.598. The third-order valence-electron chi connectivity index (χ3n) is 2.73. The smallest absolute Gasteiger partial charge is 0.368 e. The third-order valence-corrected chi connectivity index (χ3v) is 3.64. The van der Waals surface area contributed by atoms with Crippen LogP contribution in [0.3, 0.4) is 0 Å². The van der Waals surface area contributed by atoms with Crippen LogP contribution in [0.15, 0.2) is 39.3 Å². The molecule has 0 bridgehead atoms. The Morgan fingerprint density at radius 3 is 2.95 bits per heavy atom. The molecule has 0 aliphatic carbocycles. The molecular formula is C12H13FN6O2S. The van der Waals surface area contributed by atoms with Gasteiger partial charge in [-0.1, -0.05) is 11.2 Å². The van der Waals surface area contributed by atoms with Crippen LogP contribution < -0.4 is 11.4 Å². The van der Waals surface area contributed by atoms with Crippen molar-refractivity contribution in [2.45, 2.75) is 5.75 Å². The summed E-state index contributed by atoms with van der Waals surface area (Å²) in [5.74, 6) is -0.307. The SMILES string of the molecule is Cn1nnn(-c2cccc(F)c2CSC(N)=CC=NO)c1=O. The number of hydrogen-bond donors (Lipinski definition) is 2. The van der Waals surface area contributed by atoms with Crippen LogP contribution in [-0.2, 0) is 12.8 Å². The maximum absolute atomic E-state index is 14.1. The molecule has 0 saturated heterocycles. The van der Waals surface area contributed by atoms with Crippen LogP contribution in [0.2, 0.25) is 0 Å². The van der Waals surface area contributed by atoms with Gasteiger partial charge in [0.25, 0.3) is 0 Å². The number of aromatic nitrogens is 4. The Labute approximate surface area is 128 Å². The summed E-state index contributed by atoms with van der Waals surface area (Å²) in [7, 11) is 1.45. The first-order valence-corrected chi connectivity index (χ1v) is 7.06. The van der Waals surface area contributed by atoms with Gasteiger partial charge in [0.05, 0.1) is 16.9 Å². The van der Waals surface area contributed by atoms with E-state index in [2.05, 4.69) is 15.6 Å². The predicted molar refractivity (Wildman–Crippen MR) is 80.4 cm³/mol. The molecule has 10 heteroatoms. The number of allylic oxidation sites excluding steroid dienone is 1. The van der Waals surface area contributed by atoms with E-state index in [9.17, 15) is 9.18 Å². The number of aryl methyl sites for hydroxylation is 1. The third kappa shape index (κ3) is 3.34. The Morgan fingerprint density at radius 2 is 2.32 bits per heavy atom. The first kappa shape index (κ1) is 15.8. The van der Waals surface area contributed by atoms with Gasteiger partial charge in [0, 0.05) is 18.4 Å². The molecule has 2 rings (SSSR count). The Kier molecular flexibility index (Phi) is 4.94. The van der Waals surface area contributed by atoms with E-state index >= 15 is 0 Å². The lowest BCUT2D eigenvalue weighted by molar-refractivity contribution is 0.322. The van der Waals surface area contributed by atoms with Crippen LogP contribution in [0.4, 0.5) is 4.39 Å². The number of nitrogens with two attached hydrogens (primary N) is 1. The zero-order chi connectivity index (χ0) is 16.1. The molecule has 2 aromatic rings. The van der Waals surface area contributed by atoms with Gasteiger partial charge in [-0.05, 0) is 28.6 Å². The van der Waals surface area contributed by atoms with Crippen molar-refractivity contribution in [3.63, 3.8) is 0 Å². The van der Waals surface area contributed by atoms with E-state index < -0.39 is 11.5 Å². The largest absolute Gasteiger partial charge is 0.411 e. The second-order valence-electron chi connectivity index (χ2n) is 4.16. The van der Waals surface area contributed by atoms with E-state index in [1.165, 1.54) is 25.3 Å². The molecule has 1 aromatic carbocycles. The van der Waals surface area contributed by atoms with E-state index in [0.29, 0.717) is 10.7 Å². The number of nitrogens with zero attached hydrogens (tertiary/aromatic N) is 5. The Balaban J connectivity index is 2.36. The molecule has 22 heavy (non-hydrogen) atoms. The minimum Gasteiger partial charge on any atom is -0.411 e. The first-order chi connectivity index (χ1) is 10.5. The van der Waals surface area contributed by atoms with Gasteiger partial charge in [0.15, 0.2) is 0 Å². The van der Waals surface area contributed by atoms with Crippen molar-refractivity contribution in [3.05, 3.63) is 51.2 Å². The average Bonchev–Trinajstić information content (AvgIpc) is 2.83. The second kappa shape index (κ2) is 6.89. The topological polar surface area (TPSA) is 111 Å². The van der Waals surface area contributed by atoms with Gasteiger partial charge in [-0.3, -0.25) is 0 Å². The summed E-state index contributed by atoms with van der Waals surface area (Å²) in [6, 6.07) is 4.34. The number of thioether (sulfide) groups is 1. The molecule has 0 unspecified atom stereocenters. The fourth-order valence-electron chi connectivity index (χ4n) is 1.66. The Bertz CT molecular complexity index is 782. The molecule has 0 aliphatic rings. The van der Waals surface area contributed by atoms with Gasteiger partial charge in [-0.2, -0.15) is 9.36 Å². The molecule has 0 aliphatic heterocycles. The molecule has 0 saturated carbocycles. The zero-order valence-electron chi connectivity index (χ0n) is 11.5. The molecular weight excluding hydrogens is 311 g/mol. The maximum atomic E-state index is 14.1. The Hall–Kier alpha value is -2.62. The van der Waals surface area contributed by atoms with Gasteiger partial charge in [0.2, 0.25) is 0 Å². The van der Waals surface area contributed by atoms with Gasteiger partial charge in [-0.25, -0.2) is 9.18 Å². The normalized spacial score (nSPS) is 12.2. The highest BCUT2D eigenvalue weighted by Gasteiger charge is 2.14. The van der Waals surface area contributed by atoms with Gasteiger partial charge in [0.1, 0.15) is 5.82 Å². The first-order valence-electron chi connectivity index (χ1n) is 6.07. The monoisotopic (exact) mass is 324 g/mol. The molecule has 0 spiro atoms. The molecule has 0 amide bonds. The number of benzene rings is 1. The minimum atomic E-state index is -0.480. The highest BCUT2D eigenvalue weighted by Crippen LogP contribution is 2.24. The molecule has 1 heterocycles. The molecule has 1 aromatic heterocycles. The summed E-state index contributed by atoms with van der Waals surface area (Å²) in [6.45, 7) is 0. The van der Waals surface area contributed by atoms with Gasteiger partial charge >= 0.3 is 5.69 Å². The van der Waals surface area contributed by atoms with Crippen molar-refractivity contribution in [1.29, 1.82) is 0 Å². The summed E-state index contributed by atoms with van der Waals surface area (Å²) < 4.78 is 16.1. The Morgan fingerprint density at radius 1 is 1.55 bits per heavy atom. The molecule has 3 N–H and O–H groups in total. The van der Waals surface area contributed by atoms with Crippen molar-refractivity contribution in [2.24, 2.45) is 17.9 Å². The lowest BCUT2D eigenvalue weighted by atomic mass is 10.2. The minimum absolute atomic E-state index is 0.173. The number of tetrazole rings is 1. The standard InChI is InChI=1S/C12H13FN6O2S/c1-18-12(20)19(17-16-18)10-4-2-3-9(13)8(10)7-22-11(14)5-6-15-21/h2-6,21H,7,14H2,1H3. The zero-order valence-corrected chi connectivity index (χ0v) is 12.4. The van der Waals surface area contributed by atoms with Crippen molar-refractivity contribution in [3.8, 4) is 5.69 Å². The highest BCUT2D eigenvalue weighted by molar-refractivity contribution is 8.02. The molecule has 116 valence electrons. The van der Waals surface area contributed by atoms with E-state index in [4.69, 9.17) is 10.9 Å². The summed E-state index contributed by atoms with van der Waals surface area (Å²) in [5.41, 5.74) is 5.77. The van der Waals surface area contributed by atoms with Crippen LogP contribution in [0.5, 0.6) is 0 Å². The number of halogens is 1. The highest BCUT2D eigenvalue weighted by atomic mass is 32.2. The number of rotatable bonds is 5. The summed E-state index contributed by atoms with van der Waals surface area (Å²) in [4.78, 5) is 11.9. The van der Waals surface area contributed by atoms with Crippen molar-refractivity contribution < 1.29 is 9.60 Å². The van der Waals surface area contributed by atoms with Crippen LogP contribution in [0.25, 0.3) is 5.69 Å². The second-order valence-corrected chi connectivity index (χ2v) is 5.21. The summed E-state index contributed by atoms with van der Waals surface area (Å²) >= 11 is 1.13. The summed E-state index contributed by atoms with van der Waals surface area (Å²) in [6.07, 6.45) is 2.48. The van der Waals surface area contributed by atoms with Crippen LogP contribution >= 0.6 is 11.8 Å². The lowest BCUT2D eigenvalue weighted by Gasteiger charge is -2.09. The van der Waals surface area contributed by atoms with Crippen LogP contribution in [0, 0.1) is 5.82 Å². The quantitative estimate of drug-likeness (QED) is 0.473.